The van der Waals surface area contributed by atoms with Crippen LogP contribution in [0, 0.1) is 0 Å². The number of aryl methyl sites for hydroxylation is 2. The molecule has 0 bridgehead atoms. The largest absolute Gasteiger partial charge is 0.464 e. The molecular weight excluding hydrogens is 374 g/mol. The van der Waals surface area contributed by atoms with Gasteiger partial charge in [-0.25, -0.2) is 4.98 Å². The van der Waals surface area contributed by atoms with E-state index in [9.17, 15) is 9.59 Å². The molecule has 0 spiro atoms. The second-order valence-electron chi connectivity index (χ2n) is 7.83. The SMILES string of the molecule is CCCCCCOC(=O)Cn1c(CN(C)C)nc2sc3c(c2c1=O)CCCC3. The summed E-state index contributed by atoms with van der Waals surface area (Å²) in [5.41, 5.74) is 1.06. The molecule has 0 fully saturated rings. The second kappa shape index (κ2) is 9.65. The summed E-state index contributed by atoms with van der Waals surface area (Å²) in [6.07, 6.45) is 8.46. The van der Waals surface area contributed by atoms with E-state index in [4.69, 9.17) is 9.72 Å². The zero-order valence-corrected chi connectivity index (χ0v) is 18.1. The van der Waals surface area contributed by atoms with E-state index in [1.807, 2.05) is 19.0 Å². The number of fused-ring (bicyclic) bond motifs is 3. The lowest BCUT2D eigenvalue weighted by Gasteiger charge is -2.16. The van der Waals surface area contributed by atoms with E-state index in [1.54, 1.807) is 11.3 Å². The average Bonchev–Trinajstić information content (AvgIpc) is 3.02. The van der Waals surface area contributed by atoms with Gasteiger partial charge >= 0.3 is 5.97 Å². The molecule has 1 aliphatic rings. The highest BCUT2D eigenvalue weighted by Crippen LogP contribution is 2.33. The maximum Gasteiger partial charge on any atom is 0.326 e. The van der Waals surface area contributed by atoms with E-state index >= 15 is 0 Å². The summed E-state index contributed by atoms with van der Waals surface area (Å²) in [4.78, 5) is 34.6. The maximum atomic E-state index is 13.3. The summed E-state index contributed by atoms with van der Waals surface area (Å²) in [5.74, 6) is 0.271. The predicted octanol–water partition coefficient (Wildman–Crippen LogP) is 3.52. The lowest BCUT2D eigenvalue weighted by molar-refractivity contribution is -0.144. The Balaban J connectivity index is 1.87. The van der Waals surface area contributed by atoms with Crippen LogP contribution in [0.1, 0.15) is 61.7 Å². The smallest absolute Gasteiger partial charge is 0.326 e. The third kappa shape index (κ3) is 4.81. The Hall–Kier alpha value is -1.73. The van der Waals surface area contributed by atoms with Gasteiger partial charge in [-0.15, -0.1) is 11.3 Å². The third-order valence-electron chi connectivity index (χ3n) is 5.16. The van der Waals surface area contributed by atoms with Crippen LogP contribution in [0.5, 0.6) is 0 Å². The molecule has 0 saturated heterocycles. The number of thiophene rings is 1. The summed E-state index contributed by atoms with van der Waals surface area (Å²) < 4.78 is 6.90. The number of hydrogen-bond donors (Lipinski definition) is 0. The van der Waals surface area contributed by atoms with Gasteiger partial charge in [-0.2, -0.15) is 0 Å². The Morgan fingerprint density at radius 1 is 1.21 bits per heavy atom. The highest BCUT2D eigenvalue weighted by molar-refractivity contribution is 7.18. The molecular formula is C21H31N3O3S. The average molecular weight is 406 g/mol. The van der Waals surface area contributed by atoms with Crippen LogP contribution in [-0.4, -0.2) is 41.1 Å². The van der Waals surface area contributed by atoms with E-state index < -0.39 is 0 Å². The number of ether oxygens (including phenoxy) is 1. The minimum Gasteiger partial charge on any atom is -0.464 e. The van der Waals surface area contributed by atoms with Crippen LogP contribution in [0.25, 0.3) is 10.2 Å². The highest BCUT2D eigenvalue weighted by atomic mass is 32.1. The number of aromatic nitrogens is 2. The summed E-state index contributed by atoms with van der Waals surface area (Å²) in [6.45, 7) is 3.01. The van der Waals surface area contributed by atoms with Crippen molar-refractivity contribution in [2.75, 3.05) is 20.7 Å². The van der Waals surface area contributed by atoms with E-state index in [0.717, 1.165) is 60.7 Å². The highest BCUT2D eigenvalue weighted by Gasteiger charge is 2.23. The summed E-state index contributed by atoms with van der Waals surface area (Å²) in [5, 5.41) is 0.720. The zero-order chi connectivity index (χ0) is 20.1. The van der Waals surface area contributed by atoms with Gasteiger partial charge in [-0.05, 0) is 51.8 Å². The molecule has 7 heteroatoms. The Kier molecular flexibility index (Phi) is 7.24. The molecule has 0 atom stereocenters. The van der Waals surface area contributed by atoms with Crippen molar-refractivity contribution in [2.24, 2.45) is 0 Å². The fourth-order valence-corrected chi connectivity index (χ4v) is 5.01. The summed E-state index contributed by atoms with van der Waals surface area (Å²) in [6, 6.07) is 0. The lowest BCUT2D eigenvalue weighted by atomic mass is 9.97. The van der Waals surface area contributed by atoms with Gasteiger partial charge < -0.3 is 9.64 Å². The lowest BCUT2D eigenvalue weighted by Crippen LogP contribution is -2.31. The molecule has 0 aromatic carbocycles. The molecule has 154 valence electrons. The van der Waals surface area contributed by atoms with Crippen LogP contribution in [0.4, 0.5) is 0 Å². The molecule has 3 rings (SSSR count). The van der Waals surface area contributed by atoms with Crippen molar-refractivity contribution in [2.45, 2.75) is 71.4 Å². The van der Waals surface area contributed by atoms with Crippen LogP contribution >= 0.6 is 11.3 Å². The number of unbranched alkanes of at least 4 members (excludes halogenated alkanes) is 3. The van der Waals surface area contributed by atoms with Crippen molar-refractivity contribution in [1.82, 2.24) is 14.5 Å². The predicted molar refractivity (Wildman–Crippen MR) is 113 cm³/mol. The molecule has 1 aliphatic carbocycles. The van der Waals surface area contributed by atoms with E-state index in [0.29, 0.717) is 19.0 Å². The molecule has 2 aromatic heterocycles. The quantitative estimate of drug-likeness (QED) is 0.472. The van der Waals surface area contributed by atoms with Crippen molar-refractivity contribution in [3.63, 3.8) is 0 Å². The van der Waals surface area contributed by atoms with E-state index in [1.165, 1.54) is 15.9 Å². The number of rotatable bonds is 9. The van der Waals surface area contributed by atoms with Gasteiger partial charge in [0.25, 0.3) is 5.56 Å². The maximum absolute atomic E-state index is 13.3. The van der Waals surface area contributed by atoms with Gasteiger partial charge in [0, 0.05) is 4.88 Å². The van der Waals surface area contributed by atoms with Gasteiger partial charge in [-0.1, -0.05) is 26.2 Å². The number of nitrogens with zero attached hydrogens (tertiary/aromatic N) is 3. The third-order valence-corrected chi connectivity index (χ3v) is 6.35. The topological polar surface area (TPSA) is 64.4 Å². The molecule has 0 aliphatic heterocycles. The van der Waals surface area contributed by atoms with Crippen molar-refractivity contribution in [3.8, 4) is 0 Å². The Labute approximate surface area is 170 Å². The fourth-order valence-electron chi connectivity index (χ4n) is 3.74. The first kappa shape index (κ1) is 21.0. The first-order valence-electron chi connectivity index (χ1n) is 10.4. The Bertz CT molecular complexity index is 885. The summed E-state index contributed by atoms with van der Waals surface area (Å²) in [7, 11) is 3.87. The van der Waals surface area contributed by atoms with Gasteiger partial charge in [-0.3, -0.25) is 14.2 Å². The molecule has 2 aromatic rings. The monoisotopic (exact) mass is 405 g/mol. The fraction of sp³-hybridized carbons (Fsp3) is 0.667. The first-order chi connectivity index (χ1) is 13.5. The number of carbonyl (C=O) groups excluding carboxylic acids is 1. The Morgan fingerprint density at radius 2 is 2.00 bits per heavy atom. The van der Waals surface area contributed by atoms with Crippen LogP contribution in [0.3, 0.4) is 0 Å². The molecule has 0 unspecified atom stereocenters. The molecule has 0 N–H and O–H groups in total. The van der Waals surface area contributed by atoms with Crippen LogP contribution in [-0.2, 0) is 35.5 Å². The van der Waals surface area contributed by atoms with Crippen LogP contribution in [0.2, 0.25) is 0 Å². The molecule has 0 amide bonds. The number of esters is 1. The number of carbonyl (C=O) groups is 1. The standard InChI is InChI=1S/C21H31N3O3S/c1-4-5-6-9-12-27-18(25)14-24-17(13-23(2)3)22-20-19(21(24)26)15-10-7-8-11-16(15)28-20/h4-14H2,1-3H3. The van der Waals surface area contributed by atoms with Crippen molar-refractivity contribution >= 4 is 27.5 Å². The minimum absolute atomic E-state index is 0.0661. The van der Waals surface area contributed by atoms with E-state index in [2.05, 4.69) is 6.92 Å². The molecule has 0 saturated carbocycles. The molecule has 6 nitrogen and oxygen atoms in total. The van der Waals surface area contributed by atoms with Crippen LogP contribution in [0.15, 0.2) is 4.79 Å². The normalized spacial score (nSPS) is 13.9. The van der Waals surface area contributed by atoms with E-state index in [-0.39, 0.29) is 18.1 Å². The van der Waals surface area contributed by atoms with Gasteiger partial charge in [0.2, 0.25) is 0 Å². The second-order valence-corrected chi connectivity index (χ2v) is 8.91. The molecule has 0 radical (unpaired) electrons. The molecule has 2 heterocycles. The zero-order valence-electron chi connectivity index (χ0n) is 17.3. The summed E-state index contributed by atoms with van der Waals surface area (Å²) >= 11 is 1.65. The van der Waals surface area contributed by atoms with Gasteiger partial charge in [0.1, 0.15) is 17.2 Å². The Morgan fingerprint density at radius 3 is 2.75 bits per heavy atom. The minimum atomic E-state index is -0.358. The van der Waals surface area contributed by atoms with Gasteiger partial charge in [0.15, 0.2) is 0 Å². The van der Waals surface area contributed by atoms with Crippen molar-refractivity contribution in [1.29, 1.82) is 0 Å². The van der Waals surface area contributed by atoms with Crippen molar-refractivity contribution in [3.05, 3.63) is 26.6 Å². The van der Waals surface area contributed by atoms with Crippen molar-refractivity contribution < 1.29 is 9.53 Å². The van der Waals surface area contributed by atoms with Crippen LogP contribution < -0.4 is 5.56 Å². The molecule has 28 heavy (non-hydrogen) atoms. The number of hydrogen-bond acceptors (Lipinski definition) is 6. The van der Waals surface area contributed by atoms with Gasteiger partial charge in [0.05, 0.1) is 18.5 Å². The first-order valence-corrected chi connectivity index (χ1v) is 11.2.